The van der Waals surface area contributed by atoms with Crippen LogP contribution < -0.4 is 10.5 Å². The summed E-state index contributed by atoms with van der Waals surface area (Å²) in [6, 6.07) is 10.9. The van der Waals surface area contributed by atoms with Crippen LogP contribution in [-0.4, -0.2) is 8.42 Å². The molecule has 2 aromatic carbocycles. The number of hydrogen-bond donors (Lipinski definition) is 2. The number of hydrogen-bond acceptors (Lipinski definition) is 4. The highest BCUT2D eigenvalue weighted by Gasteiger charge is 2.18. The van der Waals surface area contributed by atoms with Gasteiger partial charge >= 0.3 is 0 Å². The molecule has 0 radical (unpaired) electrons. The zero-order valence-corrected chi connectivity index (χ0v) is 12.7. The molecule has 0 aliphatic carbocycles. The zero-order chi connectivity index (χ0) is 15.6. The number of aryl methyl sites for hydroxylation is 1. The number of nitriles is 1. The number of benzene rings is 2. The minimum atomic E-state index is -3.85. The van der Waals surface area contributed by atoms with Crippen molar-refractivity contribution in [2.75, 3.05) is 10.5 Å². The lowest BCUT2D eigenvalue weighted by Crippen LogP contribution is -2.15. The third kappa shape index (κ3) is 3.27. The summed E-state index contributed by atoms with van der Waals surface area (Å²) in [7, 11) is -3.85. The Balaban J connectivity index is 2.40. The first-order valence-corrected chi connectivity index (χ1v) is 7.78. The molecule has 2 rings (SSSR count). The van der Waals surface area contributed by atoms with Gasteiger partial charge in [-0.3, -0.25) is 4.72 Å². The maximum Gasteiger partial charge on any atom is 0.263 e. The van der Waals surface area contributed by atoms with E-state index < -0.39 is 10.0 Å². The maximum atomic E-state index is 12.3. The van der Waals surface area contributed by atoms with Gasteiger partial charge in [-0.25, -0.2) is 8.42 Å². The van der Waals surface area contributed by atoms with Crippen molar-refractivity contribution in [3.63, 3.8) is 0 Å². The van der Waals surface area contributed by atoms with Crippen molar-refractivity contribution in [2.24, 2.45) is 0 Å². The Hall–Kier alpha value is -2.23. The van der Waals surface area contributed by atoms with Crippen LogP contribution in [0, 0.1) is 18.3 Å². The van der Waals surface area contributed by atoms with Crippen LogP contribution in [0.4, 0.5) is 11.4 Å². The summed E-state index contributed by atoms with van der Waals surface area (Å²) in [5.74, 6) is 0. The van der Waals surface area contributed by atoms with Gasteiger partial charge in [0.2, 0.25) is 0 Å². The van der Waals surface area contributed by atoms with Crippen LogP contribution in [0.2, 0.25) is 5.02 Å². The van der Waals surface area contributed by atoms with E-state index >= 15 is 0 Å². The largest absolute Gasteiger partial charge is 0.398 e. The first-order valence-electron chi connectivity index (χ1n) is 5.92. The van der Waals surface area contributed by atoms with Gasteiger partial charge in [-0.15, -0.1) is 0 Å². The average Bonchev–Trinajstić information content (AvgIpc) is 2.40. The molecule has 3 N–H and O–H groups in total. The molecule has 2 aromatic rings. The summed E-state index contributed by atoms with van der Waals surface area (Å²) in [6.07, 6.45) is 0. The first-order chi connectivity index (χ1) is 9.83. The van der Waals surface area contributed by atoms with Crippen LogP contribution in [-0.2, 0) is 10.0 Å². The number of nitrogen functional groups attached to an aromatic ring is 1. The molecule has 0 spiro atoms. The highest BCUT2D eigenvalue weighted by molar-refractivity contribution is 7.92. The number of halogens is 1. The van der Waals surface area contributed by atoms with Gasteiger partial charge in [0.15, 0.2) is 0 Å². The molecular weight excluding hydrogens is 310 g/mol. The summed E-state index contributed by atoms with van der Waals surface area (Å²) in [4.78, 5) is -0.0199. The Labute approximate surface area is 128 Å². The summed E-state index contributed by atoms with van der Waals surface area (Å²) >= 11 is 5.96. The highest BCUT2D eigenvalue weighted by atomic mass is 35.5. The SMILES string of the molecule is Cc1ccc(S(=O)(=O)Nc2ccc(C#N)cc2Cl)c(N)c1. The molecule has 0 aromatic heterocycles. The van der Waals surface area contributed by atoms with E-state index in [1.807, 2.05) is 13.0 Å². The Bertz CT molecular complexity index is 842. The van der Waals surface area contributed by atoms with E-state index in [1.165, 1.54) is 24.3 Å². The van der Waals surface area contributed by atoms with Gasteiger partial charge in [0.1, 0.15) is 4.90 Å². The van der Waals surface area contributed by atoms with Crippen LogP contribution in [0.5, 0.6) is 0 Å². The molecule has 0 unspecified atom stereocenters. The fourth-order valence-corrected chi connectivity index (χ4v) is 3.26. The molecule has 0 amide bonds. The predicted molar refractivity (Wildman–Crippen MR) is 82.6 cm³/mol. The van der Waals surface area contributed by atoms with E-state index in [0.29, 0.717) is 5.56 Å². The van der Waals surface area contributed by atoms with Crippen molar-refractivity contribution in [2.45, 2.75) is 11.8 Å². The number of anilines is 2. The van der Waals surface area contributed by atoms with Gasteiger partial charge in [-0.2, -0.15) is 5.26 Å². The number of nitrogens with zero attached hydrogens (tertiary/aromatic N) is 1. The molecule has 0 aliphatic heterocycles. The Kier molecular flexibility index (Phi) is 4.07. The lowest BCUT2D eigenvalue weighted by Gasteiger charge is -2.12. The van der Waals surface area contributed by atoms with Crippen molar-refractivity contribution in [1.29, 1.82) is 5.26 Å². The number of nitrogens with two attached hydrogens (primary N) is 1. The summed E-state index contributed by atoms with van der Waals surface area (Å²) < 4.78 is 27.0. The lowest BCUT2D eigenvalue weighted by atomic mass is 10.2. The van der Waals surface area contributed by atoms with Gasteiger partial charge in [0.05, 0.1) is 28.0 Å². The molecule has 0 fully saturated rings. The minimum Gasteiger partial charge on any atom is -0.398 e. The van der Waals surface area contributed by atoms with E-state index in [-0.39, 0.29) is 21.3 Å². The fourth-order valence-electron chi connectivity index (χ4n) is 1.78. The standard InChI is InChI=1S/C14H12ClN3O2S/c1-9-2-5-14(12(17)6-9)21(19,20)18-13-4-3-10(8-16)7-11(13)15/h2-7,18H,17H2,1H3. The topological polar surface area (TPSA) is 96.0 Å². The van der Waals surface area contributed by atoms with Gasteiger partial charge in [0.25, 0.3) is 10.0 Å². The quantitative estimate of drug-likeness (QED) is 0.849. The molecular formula is C14H12ClN3O2S. The molecule has 0 atom stereocenters. The molecule has 0 aliphatic rings. The van der Waals surface area contributed by atoms with Crippen molar-refractivity contribution >= 4 is 33.0 Å². The Morgan fingerprint density at radius 2 is 1.95 bits per heavy atom. The van der Waals surface area contributed by atoms with E-state index in [9.17, 15) is 8.42 Å². The van der Waals surface area contributed by atoms with Crippen molar-refractivity contribution in [3.05, 3.63) is 52.5 Å². The van der Waals surface area contributed by atoms with Crippen LogP contribution >= 0.6 is 11.6 Å². The lowest BCUT2D eigenvalue weighted by molar-refractivity contribution is 0.601. The highest BCUT2D eigenvalue weighted by Crippen LogP contribution is 2.27. The van der Waals surface area contributed by atoms with Gasteiger partial charge in [-0.05, 0) is 42.8 Å². The molecule has 21 heavy (non-hydrogen) atoms. The molecule has 0 heterocycles. The number of nitrogens with one attached hydrogen (secondary N) is 1. The van der Waals surface area contributed by atoms with E-state index in [0.717, 1.165) is 5.56 Å². The monoisotopic (exact) mass is 321 g/mol. The molecule has 0 bridgehead atoms. The van der Waals surface area contributed by atoms with Gasteiger partial charge in [0, 0.05) is 0 Å². The van der Waals surface area contributed by atoms with Gasteiger partial charge in [-0.1, -0.05) is 17.7 Å². The fraction of sp³-hybridized carbons (Fsp3) is 0.0714. The second kappa shape index (κ2) is 5.64. The third-order valence-electron chi connectivity index (χ3n) is 2.80. The normalized spacial score (nSPS) is 10.9. The molecule has 108 valence electrons. The Morgan fingerprint density at radius 1 is 1.24 bits per heavy atom. The van der Waals surface area contributed by atoms with E-state index in [2.05, 4.69) is 4.72 Å². The Morgan fingerprint density at radius 3 is 2.52 bits per heavy atom. The van der Waals surface area contributed by atoms with Crippen molar-refractivity contribution in [3.8, 4) is 6.07 Å². The van der Waals surface area contributed by atoms with Crippen LogP contribution in [0.15, 0.2) is 41.3 Å². The summed E-state index contributed by atoms with van der Waals surface area (Å²) in [5, 5.41) is 8.90. The second-order valence-corrected chi connectivity index (χ2v) is 6.51. The number of sulfonamides is 1. The van der Waals surface area contributed by atoms with Crippen LogP contribution in [0.3, 0.4) is 0 Å². The van der Waals surface area contributed by atoms with Crippen molar-refractivity contribution in [1.82, 2.24) is 0 Å². The minimum absolute atomic E-state index is 0.0199. The summed E-state index contributed by atoms with van der Waals surface area (Å²) in [6.45, 7) is 1.82. The summed E-state index contributed by atoms with van der Waals surface area (Å²) in [5.41, 5.74) is 7.31. The third-order valence-corrected chi connectivity index (χ3v) is 4.55. The first kappa shape index (κ1) is 15.2. The van der Waals surface area contributed by atoms with Crippen LogP contribution in [0.1, 0.15) is 11.1 Å². The maximum absolute atomic E-state index is 12.3. The molecule has 7 heteroatoms. The van der Waals surface area contributed by atoms with Crippen LogP contribution in [0.25, 0.3) is 0 Å². The molecule has 0 saturated carbocycles. The second-order valence-electron chi connectivity index (χ2n) is 4.45. The average molecular weight is 322 g/mol. The van der Waals surface area contributed by atoms with Gasteiger partial charge < -0.3 is 5.73 Å². The smallest absolute Gasteiger partial charge is 0.263 e. The number of rotatable bonds is 3. The molecule has 5 nitrogen and oxygen atoms in total. The van der Waals surface area contributed by atoms with E-state index in [1.54, 1.807) is 12.1 Å². The zero-order valence-electron chi connectivity index (χ0n) is 11.1. The van der Waals surface area contributed by atoms with Crippen molar-refractivity contribution < 1.29 is 8.42 Å². The van der Waals surface area contributed by atoms with E-state index in [4.69, 9.17) is 22.6 Å². The molecule has 0 saturated heterocycles. The predicted octanol–water partition coefficient (Wildman–Crippen LogP) is 2.90.